The van der Waals surface area contributed by atoms with E-state index in [2.05, 4.69) is 16.4 Å². The van der Waals surface area contributed by atoms with Crippen molar-refractivity contribution in [2.24, 2.45) is 0 Å². The van der Waals surface area contributed by atoms with Crippen LogP contribution in [0.15, 0.2) is 35.7 Å². The highest BCUT2D eigenvalue weighted by atomic mass is 32.1. The molecule has 0 spiro atoms. The molecule has 0 saturated carbocycles. The van der Waals surface area contributed by atoms with E-state index in [0.717, 1.165) is 10.9 Å². The maximum absolute atomic E-state index is 12.1. The summed E-state index contributed by atoms with van der Waals surface area (Å²) in [6.07, 6.45) is 0. The Morgan fingerprint density at radius 2 is 2.20 bits per heavy atom. The van der Waals surface area contributed by atoms with Crippen molar-refractivity contribution in [3.05, 3.63) is 51.8 Å². The summed E-state index contributed by atoms with van der Waals surface area (Å²) in [6, 6.07) is 9.42. The molecule has 3 aromatic rings. The number of amides is 1. The average Bonchev–Trinajstić information content (AvgIpc) is 3.01. The van der Waals surface area contributed by atoms with Gasteiger partial charge in [-0.15, -0.1) is 11.3 Å². The summed E-state index contributed by atoms with van der Waals surface area (Å²) < 4.78 is 0. The van der Waals surface area contributed by atoms with Gasteiger partial charge in [0.1, 0.15) is 5.69 Å². The predicted molar refractivity (Wildman–Crippen MR) is 82.9 cm³/mol. The SMILES string of the molecule is Cc1ccsc1CNC(=O)c1cc2cc(N)ccc2[nH]1. The Hall–Kier alpha value is -2.27. The van der Waals surface area contributed by atoms with Crippen molar-refractivity contribution in [2.75, 3.05) is 5.73 Å². The molecule has 20 heavy (non-hydrogen) atoms. The third-order valence-electron chi connectivity index (χ3n) is 3.27. The van der Waals surface area contributed by atoms with Crippen LogP contribution in [0.2, 0.25) is 0 Å². The molecule has 1 amide bonds. The first-order chi connectivity index (χ1) is 9.63. The highest BCUT2D eigenvalue weighted by Crippen LogP contribution is 2.19. The monoisotopic (exact) mass is 285 g/mol. The van der Waals surface area contributed by atoms with E-state index in [4.69, 9.17) is 5.73 Å². The van der Waals surface area contributed by atoms with Gasteiger partial charge in [-0.3, -0.25) is 4.79 Å². The Balaban J connectivity index is 1.77. The molecule has 0 aliphatic heterocycles. The quantitative estimate of drug-likeness (QED) is 0.647. The van der Waals surface area contributed by atoms with E-state index in [1.54, 1.807) is 11.3 Å². The van der Waals surface area contributed by atoms with Crippen LogP contribution in [0, 0.1) is 6.92 Å². The van der Waals surface area contributed by atoms with Gasteiger partial charge in [0.2, 0.25) is 0 Å². The minimum Gasteiger partial charge on any atom is -0.399 e. The van der Waals surface area contributed by atoms with E-state index >= 15 is 0 Å². The molecule has 5 heteroatoms. The highest BCUT2D eigenvalue weighted by Gasteiger charge is 2.10. The van der Waals surface area contributed by atoms with Crippen molar-refractivity contribution < 1.29 is 4.79 Å². The summed E-state index contributed by atoms with van der Waals surface area (Å²) in [4.78, 5) is 16.4. The molecular formula is C15H15N3OS. The van der Waals surface area contributed by atoms with Gasteiger partial charge in [-0.05, 0) is 48.2 Å². The van der Waals surface area contributed by atoms with Gasteiger partial charge in [0, 0.05) is 21.5 Å². The average molecular weight is 285 g/mol. The number of fused-ring (bicyclic) bond motifs is 1. The number of aromatic amines is 1. The number of anilines is 1. The summed E-state index contributed by atoms with van der Waals surface area (Å²) in [7, 11) is 0. The zero-order chi connectivity index (χ0) is 14.1. The molecule has 4 nitrogen and oxygen atoms in total. The largest absolute Gasteiger partial charge is 0.399 e. The normalized spacial score (nSPS) is 10.8. The van der Waals surface area contributed by atoms with E-state index in [1.165, 1.54) is 10.4 Å². The van der Waals surface area contributed by atoms with Gasteiger partial charge in [0.05, 0.1) is 6.54 Å². The number of nitrogens with two attached hydrogens (primary N) is 1. The van der Waals surface area contributed by atoms with Crippen LogP contribution in [-0.2, 0) is 6.54 Å². The Bertz CT molecular complexity index is 772. The van der Waals surface area contributed by atoms with Crippen molar-refractivity contribution in [1.82, 2.24) is 10.3 Å². The number of benzene rings is 1. The number of nitrogens with one attached hydrogen (secondary N) is 2. The number of rotatable bonds is 3. The summed E-state index contributed by atoms with van der Waals surface area (Å²) in [6.45, 7) is 2.60. The lowest BCUT2D eigenvalue weighted by molar-refractivity contribution is 0.0947. The van der Waals surface area contributed by atoms with Crippen molar-refractivity contribution in [2.45, 2.75) is 13.5 Å². The molecule has 2 heterocycles. The Labute approximate surface area is 120 Å². The molecule has 0 aliphatic carbocycles. The topological polar surface area (TPSA) is 70.9 Å². The van der Waals surface area contributed by atoms with E-state index in [9.17, 15) is 4.79 Å². The first kappa shape index (κ1) is 12.7. The molecule has 0 saturated heterocycles. The number of nitrogen functional groups attached to an aromatic ring is 1. The maximum atomic E-state index is 12.1. The molecule has 1 aromatic carbocycles. The van der Waals surface area contributed by atoms with Crippen LogP contribution in [0.1, 0.15) is 20.9 Å². The molecule has 102 valence electrons. The second-order valence-electron chi connectivity index (χ2n) is 4.74. The lowest BCUT2D eigenvalue weighted by Crippen LogP contribution is -2.22. The third-order valence-corrected chi connectivity index (χ3v) is 4.29. The van der Waals surface area contributed by atoms with Gasteiger partial charge in [0.15, 0.2) is 0 Å². The zero-order valence-corrected chi connectivity index (χ0v) is 11.9. The number of hydrogen-bond donors (Lipinski definition) is 3. The van der Waals surface area contributed by atoms with Crippen molar-refractivity contribution in [3.8, 4) is 0 Å². The van der Waals surface area contributed by atoms with Crippen LogP contribution in [0.4, 0.5) is 5.69 Å². The Morgan fingerprint density at radius 3 is 2.95 bits per heavy atom. The van der Waals surface area contributed by atoms with Crippen LogP contribution in [0.3, 0.4) is 0 Å². The Morgan fingerprint density at radius 1 is 1.35 bits per heavy atom. The number of carbonyl (C=O) groups is 1. The van der Waals surface area contributed by atoms with Gasteiger partial charge < -0.3 is 16.0 Å². The van der Waals surface area contributed by atoms with Crippen LogP contribution in [0.5, 0.6) is 0 Å². The molecule has 2 aromatic heterocycles. The van der Waals surface area contributed by atoms with Gasteiger partial charge in [0.25, 0.3) is 5.91 Å². The molecule has 0 radical (unpaired) electrons. The molecule has 3 rings (SSSR count). The third kappa shape index (κ3) is 2.40. The van der Waals surface area contributed by atoms with Gasteiger partial charge in [-0.2, -0.15) is 0 Å². The van der Waals surface area contributed by atoms with Gasteiger partial charge in [-0.1, -0.05) is 0 Å². The number of thiophene rings is 1. The van der Waals surface area contributed by atoms with Crippen LogP contribution < -0.4 is 11.1 Å². The minimum atomic E-state index is -0.104. The van der Waals surface area contributed by atoms with Crippen LogP contribution in [0.25, 0.3) is 10.9 Å². The summed E-state index contributed by atoms with van der Waals surface area (Å²) in [5.41, 5.74) is 9.10. The fourth-order valence-corrected chi connectivity index (χ4v) is 2.96. The number of aromatic nitrogens is 1. The summed E-state index contributed by atoms with van der Waals surface area (Å²) in [5, 5.41) is 5.90. The lowest BCUT2D eigenvalue weighted by Gasteiger charge is -2.02. The maximum Gasteiger partial charge on any atom is 0.268 e. The van der Waals surface area contributed by atoms with Gasteiger partial charge >= 0.3 is 0 Å². The zero-order valence-electron chi connectivity index (χ0n) is 11.1. The molecule has 0 bridgehead atoms. The summed E-state index contributed by atoms with van der Waals surface area (Å²) in [5.74, 6) is -0.104. The molecule has 0 unspecified atom stereocenters. The first-order valence-electron chi connectivity index (χ1n) is 6.33. The molecule has 0 fully saturated rings. The van der Waals surface area contributed by atoms with E-state index in [-0.39, 0.29) is 5.91 Å². The lowest BCUT2D eigenvalue weighted by atomic mass is 10.2. The molecule has 0 aliphatic rings. The number of aryl methyl sites for hydroxylation is 1. The standard InChI is InChI=1S/C15H15N3OS/c1-9-4-5-20-14(9)8-17-15(19)13-7-10-6-11(16)2-3-12(10)18-13/h2-7,18H,8,16H2,1H3,(H,17,19). The number of hydrogen-bond acceptors (Lipinski definition) is 3. The predicted octanol–water partition coefficient (Wildman–Crippen LogP) is 3.05. The number of carbonyl (C=O) groups excluding carboxylic acids is 1. The van der Waals surface area contributed by atoms with Crippen molar-refractivity contribution in [1.29, 1.82) is 0 Å². The first-order valence-corrected chi connectivity index (χ1v) is 7.21. The smallest absolute Gasteiger partial charge is 0.268 e. The van der Waals surface area contributed by atoms with Crippen LogP contribution in [-0.4, -0.2) is 10.9 Å². The van der Waals surface area contributed by atoms with Crippen molar-refractivity contribution in [3.63, 3.8) is 0 Å². The fourth-order valence-electron chi connectivity index (χ4n) is 2.11. The minimum absolute atomic E-state index is 0.104. The molecule has 4 N–H and O–H groups in total. The Kier molecular flexibility index (Phi) is 3.20. The van der Waals surface area contributed by atoms with E-state index < -0.39 is 0 Å². The van der Waals surface area contributed by atoms with Crippen LogP contribution >= 0.6 is 11.3 Å². The number of H-pyrrole nitrogens is 1. The molecule has 0 atom stereocenters. The highest BCUT2D eigenvalue weighted by molar-refractivity contribution is 7.10. The van der Waals surface area contributed by atoms with Crippen molar-refractivity contribution >= 4 is 33.8 Å². The second-order valence-corrected chi connectivity index (χ2v) is 5.74. The molecular weight excluding hydrogens is 270 g/mol. The van der Waals surface area contributed by atoms with Gasteiger partial charge in [-0.25, -0.2) is 0 Å². The van der Waals surface area contributed by atoms with E-state index in [0.29, 0.717) is 17.9 Å². The second kappa shape index (κ2) is 5.02. The van der Waals surface area contributed by atoms with E-state index in [1.807, 2.05) is 36.6 Å². The summed E-state index contributed by atoms with van der Waals surface area (Å²) >= 11 is 1.65. The fraction of sp³-hybridized carbons (Fsp3) is 0.133.